The molecule has 200 valence electrons. The molecule has 1 aromatic carbocycles. The van der Waals surface area contributed by atoms with Gasteiger partial charge in [-0.15, -0.1) is 11.3 Å². The molecule has 1 fully saturated rings. The fourth-order valence-corrected chi connectivity index (χ4v) is 5.11. The third kappa shape index (κ3) is 5.48. The summed E-state index contributed by atoms with van der Waals surface area (Å²) in [4.78, 5) is 23.8. The lowest BCUT2D eigenvalue weighted by Crippen LogP contribution is -2.39. The van der Waals surface area contributed by atoms with Crippen LogP contribution >= 0.6 is 11.3 Å². The summed E-state index contributed by atoms with van der Waals surface area (Å²) in [6.45, 7) is 1.29. The Kier molecular flexibility index (Phi) is 7.05. The highest BCUT2D eigenvalue weighted by Gasteiger charge is 2.31. The Labute approximate surface area is 219 Å². The summed E-state index contributed by atoms with van der Waals surface area (Å²) in [5, 5.41) is 8.76. The molecule has 4 aromatic rings. The van der Waals surface area contributed by atoms with Crippen molar-refractivity contribution in [3.8, 4) is 11.5 Å². The van der Waals surface area contributed by atoms with Gasteiger partial charge in [0.1, 0.15) is 6.54 Å². The van der Waals surface area contributed by atoms with E-state index in [1.54, 1.807) is 29.6 Å². The van der Waals surface area contributed by atoms with Crippen LogP contribution in [-0.2, 0) is 13.1 Å². The van der Waals surface area contributed by atoms with Gasteiger partial charge in [0.25, 0.3) is 5.91 Å². The van der Waals surface area contributed by atoms with E-state index in [2.05, 4.69) is 20.4 Å². The number of alkyl halides is 4. The SMILES string of the molecule is Cc1sccc1C(=O)NCc1nc(-c2cc3c(N=C4CCN(C)C[C@@H]4F)cccc3n2CC(F)(F)F)no1. The van der Waals surface area contributed by atoms with Crippen LogP contribution in [0.2, 0.25) is 0 Å². The van der Waals surface area contributed by atoms with Crippen molar-refractivity contribution in [2.24, 2.45) is 4.99 Å². The molecule has 1 N–H and O–H groups in total. The van der Waals surface area contributed by atoms with E-state index in [9.17, 15) is 22.4 Å². The molecule has 1 atom stereocenters. The number of halogens is 4. The number of amides is 1. The van der Waals surface area contributed by atoms with Gasteiger partial charge in [0.2, 0.25) is 11.7 Å². The maximum absolute atomic E-state index is 14.6. The first-order chi connectivity index (χ1) is 18.1. The van der Waals surface area contributed by atoms with Gasteiger partial charge in [-0.2, -0.15) is 18.2 Å². The predicted octanol–water partition coefficient (Wildman–Crippen LogP) is 5.30. The number of hydrogen-bond acceptors (Lipinski definition) is 7. The van der Waals surface area contributed by atoms with Crippen LogP contribution < -0.4 is 5.32 Å². The number of fused-ring (bicyclic) bond motifs is 1. The molecule has 4 heterocycles. The van der Waals surface area contributed by atoms with Gasteiger partial charge in [0.05, 0.1) is 34.7 Å². The number of carbonyl (C=O) groups excluding carboxylic acids is 1. The lowest BCUT2D eigenvalue weighted by molar-refractivity contribution is -0.139. The molecule has 0 unspecified atom stereocenters. The van der Waals surface area contributed by atoms with Gasteiger partial charge in [-0.25, -0.2) is 4.39 Å². The van der Waals surface area contributed by atoms with Crippen molar-refractivity contribution >= 4 is 39.5 Å². The van der Waals surface area contributed by atoms with Gasteiger partial charge >= 0.3 is 6.18 Å². The van der Waals surface area contributed by atoms with E-state index in [4.69, 9.17) is 4.52 Å². The first kappa shape index (κ1) is 26.0. The van der Waals surface area contributed by atoms with E-state index in [0.29, 0.717) is 35.3 Å². The fraction of sp³-hybridized carbons (Fsp3) is 0.360. The Hall–Kier alpha value is -3.58. The van der Waals surface area contributed by atoms with Gasteiger partial charge in [-0.1, -0.05) is 11.2 Å². The average Bonchev–Trinajstić information content (AvgIpc) is 3.58. The van der Waals surface area contributed by atoms with Gasteiger partial charge in [0.15, 0.2) is 6.17 Å². The van der Waals surface area contributed by atoms with E-state index < -0.39 is 18.9 Å². The summed E-state index contributed by atoms with van der Waals surface area (Å²) in [6.07, 6.45) is -5.36. The van der Waals surface area contributed by atoms with Crippen LogP contribution in [0.5, 0.6) is 0 Å². The van der Waals surface area contributed by atoms with E-state index in [1.807, 2.05) is 18.9 Å². The second-order valence-corrected chi connectivity index (χ2v) is 10.2. The zero-order chi connectivity index (χ0) is 27.0. The molecule has 3 aromatic heterocycles. The molecule has 0 spiro atoms. The van der Waals surface area contributed by atoms with Gasteiger partial charge in [-0.3, -0.25) is 9.79 Å². The Bertz CT molecular complexity index is 1510. The minimum Gasteiger partial charge on any atom is -0.343 e. The number of piperidine rings is 1. The third-order valence-electron chi connectivity index (χ3n) is 6.31. The zero-order valence-electron chi connectivity index (χ0n) is 20.5. The zero-order valence-corrected chi connectivity index (χ0v) is 21.4. The summed E-state index contributed by atoms with van der Waals surface area (Å²) < 4.78 is 61.6. The Morgan fingerprint density at radius 3 is 2.84 bits per heavy atom. The second-order valence-electron chi connectivity index (χ2n) is 9.11. The minimum atomic E-state index is -4.53. The lowest BCUT2D eigenvalue weighted by atomic mass is 10.1. The highest BCUT2D eigenvalue weighted by atomic mass is 32.1. The standard InChI is InChI=1S/C25H24F4N6O2S/c1-14-15(7-9-38-14)24(36)30-11-22-32-23(33-37-22)21-10-16-18(31-19-6-8-34(2)12-17(19)26)4-3-5-20(16)35(21)13-25(27,28)29/h3-5,7,9-10,17H,6,8,11-13H2,1-2H3,(H,30,36)/t17-/m0/s1. The Morgan fingerprint density at radius 2 is 2.13 bits per heavy atom. The summed E-state index contributed by atoms with van der Waals surface area (Å²) in [7, 11) is 1.82. The first-order valence-electron chi connectivity index (χ1n) is 11.8. The molecular weight excluding hydrogens is 524 g/mol. The molecule has 38 heavy (non-hydrogen) atoms. The van der Waals surface area contributed by atoms with Crippen molar-refractivity contribution in [2.75, 3.05) is 20.1 Å². The molecule has 0 saturated carbocycles. The smallest absolute Gasteiger partial charge is 0.343 e. The van der Waals surface area contributed by atoms with E-state index in [1.165, 1.54) is 17.4 Å². The van der Waals surface area contributed by atoms with E-state index >= 15 is 0 Å². The van der Waals surface area contributed by atoms with Crippen molar-refractivity contribution in [3.63, 3.8) is 0 Å². The number of nitrogens with zero attached hydrogens (tertiary/aromatic N) is 5. The average molecular weight is 549 g/mol. The van der Waals surface area contributed by atoms with Gasteiger partial charge < -0.3 is 19.3 Å². The quantitative estimate of drug-likeness (QED) is 0.331. The third-order valence-corrected chi connectivity index (χ3v) is 7.15. The number of likely N-dealkylation sites (tertiary alicyclic amines) is 1. The highest BCUT2D eigenvalue weighted by Crippen LogP contribution is 2.35. The normalized spacial score (nSPS) is 17.9. The van der Waals surface area contributed by atoms with Crippen LogP contribution in [0.1, 0.15) is 27.5 Å². The molecule has 1 aliphatic rings. The highest BCUT2D eigenvalue weighted by molar-refractivity contribution is 7.10. The van der Waals surface area contributed by atoms with E-state index in [-0.39, 0.29) is 41.9 Å². The van der Waals surface area contributed by atoms with Crippen LogP contribution in [0.15, 0.2) is 45.2 Å². The van der Waals surface area contributed by atoms with Crippen LogP contribution in [0.4, 0.5) is 23.2 Å². The number of carbonyl (C=O) groups is 1. The number of aryl methyl sites for hydroxylation is 1. The molecule has 0 aliphatic carbocycles. The predicted molar refractivity (Wildman–Crippen MR) is 136 cm³/mol. The lowest BCUT2D eigenvalue weighted by Gasteiger charge is -2.26. The van der Waals surface area contributed by atoms with Crippen molar-refractivity contribution in [3.05, 3.63) is 52.0 Å². The van der Waals surface area contributed by atoms with E-state index in [0.717, 1.165) is 9.44 Å². The topological polar surface area (TPSA) is 88.5 Å². The minimum absolute atomic E-state index is 0.0390. The van der Waals surface area contributed by atoms with Crippen LogP contribution in [0.25, 0.3) is 22.4 Å². The number of thiophene rings is 1. The monoisotopic (exact) mass is 548 g/mol. The summed E-state index contributed by atoms with van der Waals surface area (Å²) in [5.41, 5.74) is 1.58. The van der Waals surface area contributed by atoms with Gasteiger partial charge in [0, 0.05) is 29.8 Å². The molecule has 5 rings (SSSR count). The first-order valence-corrected chi connectivity index (χ1v) is 12.7. The number of benzene rings is 1. The number of aromatic nitrogens is 3. The molecule has 1 aliphatic heterocycles. The van der Waals surface area contributed by atoms with Crippen LogP contribution in [0, 0.1) is 6.92 Å². The Morgan fingerprint density at radius 1 is 1.32 bits per heavy atom. The molecular formula is C25H24F4N6O2S. The van der Waals surface area contributed by atoms with Crippen molar-refractivity contribution in [1.82, 2.24) is 24.9 Å². The maximum Gasteiger partial charge on any atom is 0.406 e. The maximum atomic E-state index is 14.6. The Balaban J connectivity index is 1.48. The molecule has 13 heteroatoms. The van der Waals surface area contributed by atoms with Crippen molar-refractivity contribution < 1.29 is 26.9 Å². The summed E-state index contributed by atoms with van der Waals surface area (Å²) >= 11 is 1.44. The number of nitrogens with one attached hydrogen (secondary N) is 1. The fourth-order valence-electron chi connectivity index (χ4n) is 4.42. The van der Waals surface area contributed by atoms with Crippen LogP contribution in [-0.4, -0.2) is 63.7 Å². The molecule has 8 nitrogen and oxygen atoms in total. The van der Waals surface area contributed by atoms with Crippen molar-refractivity contribution in [1.29, 1.82) is 0 Å². The molecule has 1 saturated heterocycles. The summed E-state index contributed by atoms with van der Waals surface area (Å²) in [5.74, 6) is -0.349. The number of rotatable bonds is 6. The molecule has 0 bridgehead atoms. The van der Waals surface area contributed by atoms with Crippen molar-refractivity contribution in [2.45, 2.75) is 38.8 Å². The van der Waals surface area contributed by atoms with Crippen LogP contribution in [0.3, 0.4) is 0 Å². The molecule has 0 radical (unpaired) electrons. The molecule has 1 amide bonds. The number of aliphatic imine (C=N–C) groups is 1. The largest absolute Gasteiger partial charge is 0.406 e. The number of hydrogen-bond donors (Lipinski definition) is 1. The summed E-state index contributed by atoms with van der Waals surface area (Å²) in [6, 6.07) is 7.97. The second kappa shape index (κ2) is 10.3. The van der Waals surface area contributed by atoms with Gasteiger partial charge in [-0.05, 0) is 43.6 Å².